The van der Waals surface area contributed by atoms with E-state index in [9.17, 15) is 4.79 Å². The Balaban J connectivity index is 2.33. The minimum absolute atomic E-state index is 0.0226. The molecule has 1 aliphatic rings. The predicted molar refractivity (Wildman–Crippen MR) is 37.1 cm³/mol. The van der Waals surface area contributed by atoms with Gasteiger partial charge in [-0.1, -0.05) is 12.8 Å². The summed E-state index contributed by atoms with van der Waals surface area (Å²) in [6.45, 7) is 1.50. The van der Waals surface area contributed by atoms with Crippen molar-refractivity contribution in [3.63, 3.8) is 0 Å². The van der Waals surface area contributed by atoms with E-state index >= 15 is 0 Å². The van der Waals surface area contributed by atoms with Crippen LogP contribution in [0.15, 0.2) is 0 Å². The van der Waals surface area contributed by atoms with Crippen LogP contribution >= 0.6 is 0 Å². The molecule has 0 radical (unpaired) electrons. The molecule has 0 amide bonds. The first kappa shape index (κ1) is 7.27. The van der Waals surface area contributed by atoms with E-state index in [-0.39, 0.29) is 11.7 Å². The lowest BCUT2D eigenvalue weighted by Gasteiger charge is -2.00. The van der Waals surface area contributed by atoms with Crippen LogP contribution in [-0.4, -0.2) is 5.78 Å². The number of Topliss-reactive ketones (excluding diaryl/α,β-unsaturated/α-hetero) is 1. The zero-order valence-electron chi connectivity index (χ0n) is 6.13. The summed E-state index contributed by atoms with van der Waals surface area (Å²) in [5, 5.41) is 8.50. The summed E-state index contributed by atoms with van der Waals surface area (Å²) in [6, 6.07) is 2.02. The van der Waals surface area contributed by atoms with Crippen LogP contribution in [-0.2, 0) is 4.79 Å². The first-order valence-electron chi connectivity index (χ1n) is 3.64. The fraction of sp³-hybridized carbons (Fsp3) is 0.750. The third kappa shape index (κ3) is 1.84. The number of hydrogen-bond acceptors (Lipinski definition) is 2. The molecule has 10 heavy (non-hydrogen) atoms. The van der Waals surface area contributed by atoms with Gasteiger partial charge in [-0.2, -0.15) is 5.26 Å². The quantitative estimate of drug-likeness (QED) is 0.591. The smallest absolute Gasteiger partial charge is 0.146 e. The van der Waals surface area contributed by atoms with E-state index < -0.39 is 0 Å². The van der Waals surface area contributed by atoms with Gasteiger partial charge in [0.25, 0.3) is 0 Å². The van der Waals surface area contributed by atoms with Crippen molar-refractivity contribution in [3.05, 3.63) is 0 Å². The summed E-state index contributed by atoms with van der Waals surface area (Å²) >= 11 is 0. The summed E-state index contributed by atoms with van der Waals surface area (Å²) in [5.41, 5.74) is 0. The zero-order chi connectivity index (χ0) is 7.56. The van der Waals surface area contributed by atoms with Crippen LogP contribution in [0.4, 0.5) is 0 Å². The Hall–Kier alpha value is -0.840. The normalized spacial score (nSPS) is 19.6. The number of carbonyl (C=O) groups is 1. The molecular weight excluding hydrogens is 126 g/mol. The number of rotatable bonds is 3. The lowest BCUT2D eigenvalue weighted by Crippen LogP contribution is -2.08. The molecule has 0 aromatic rings. The number of hydrogen-bond donors (Lipinski definition) is 0. The van der Waals surface area contributed by atoms with Crippen LogP contribution in [0.1, 0.15) is 26.2 Å². The highest BCUT2D eigenvalue weighted by Gasteiger charge is 2.27. The van der Waals surface area contributed by atoms with Gasteiger partial charge in [-0.3, -0.25) is 4.79 Å². The Morgan fingerprint density at radius 1 is 1.80 bits per heavy atom. The van der Waals surface area contributed by atoms with Crippen molar-refractivity contribution in [1.82, 2.24) is 0 Å². The predicted octanol–water partition coefficient (Wildman–Crippen LogP) is 1.52. The molecule has 0 bridgehead atoms. The van der Waals surface area contributed by atoms with Crippen LogP contribution in [0, 0.1) is 23.2 Å². The van der Waals surface area contributed by atoms with Gasteiger partial charge in [0, 0.05) is 0 Å². The van der Waals surface area contributed by atoms with Crippen molar-refractivity contribution in [2.24, 2.45) is 11.8 Å². The Labute approximate surface area is 60.8 Å². The van der Waals surface area contributed by atoms with Gasteiger partial charge in [0.2, 0.25) is 0 Å². The molecule has 0 aliphatic heterocycles. The maximum atomic E-state index is 10.7. The molecular formula is C8H11NO. The van der Waals surface area contributed by atoms with Crippen LogP contribution in [0.2, 0.25) is 0 Å². The highest BCUT2D eigenvalue weighted by atomic mass is 16.1. The van der Waals surface area contributed by atoms with Gasteiger partial charge in [0.1, 0.15) is 11.7 Å². The van der Waals surface area contributed by atoms with Gasteiger partial charge in [-0.05, 0) is 19.3 Å². The molecule has 0 heterocycles. The fourth-order valence-electron chi connectivity index (χ4n) is 0.996. The summed E-state index contributed by atoms with van der Waals surface area (Å²) in [4.78, 5) is 10.7. The summed E-state index contributed by atoms with van der Waals surface area (Å²) in [6.07, 6.45) is 3.22. The molecule has 1 rings (SSSR count). The molecule has 0 saturated heterocycles. The average Bonchev–Trinajstić information content (AvgIpc) is 2.64. The van der Waals surface area contributed by atoms with Gasteiger partial charge in [-0.15, -0.1) is 0 Å². The molecule has 54 valence electrons. The number of carbonyl (C=O) groups excluding carboxylic acids is 1. The van der Waals surface area contributed by atoms with Gasteiger partial charge >= 0.3 is 0 Å². The Kier molecular flexibility index (Phi) is 2.06. The van der Waals surface area contributed by atoms with Crippen LogP contribution in [0.3, 0.4) is 0 Å². The number of nitriles is 1. The standard InChI is InChI=1S/C8H11NO/c1-6(10)8(5-9)4-7-2-3-7/h7-8H,2-4H2,1H3. The Morgan fingerprint density at radius 3 is 2.70 bits per heavy atom. The topological polar surface area (TPSA) is 40.9 Å². The van der Waals surface area contributed by atoms with Gasteiger partial charge in [0.15, 0.2) is 0 Å². The highest BCUT2D eigenvalue weighted by Crippen LogP contribution is 2.35. The van der Waals surface area contributed by atoms with Crippen LogP contribution in [0.5, 0.6) is 0 Å². The molecule has 2 nitrogen and oxygen atoms in total. The summed E-state index contributed by atoms with van der Waals surface area (Å²) in [7, 11) is 0. The second-order valence-electron chi connectivity index (χ2n) is 2.97. The van der Waals surface area contributed by atoms with Gasteiger partial charge in [0.05, 0.1) is 6.07 Å². The van der Waals surface area contributed by atoms with Crippen molar-refractivity contribution in [1.29, 1.82) is 5.26 Å². The van der Waals surface area contributed by atoms with E-state index in [2.05, 4.69) is 0 Å². The minimum Gasteiger partial charge on any atom is -0.299 e. The second kappa shape index (κ2) is 2.83. The van der Waals surface area contributed by atoms with Gasteiger partial charge in [-0.25, -0.2) is 0 Å². The maximum Gasteiger partial charge on any atom is 0.146 e. The maximum absolute atomic E-state index is 10.7. The third-order valence-electron chi connectivity index (χ3n) is 1.91. The molecule has 0 spiro atoms. The molecule has 1 saturated carbocycles. The van der Waals surface area contributed by atoms with Gasteiger partial charge < -0.3 is 0 Å². The molecule has 1 fully saturated rings. The van der Waals surface area contributed by atoms with E-state index in [1.54, 1.807) is 0 Å². The second-order valence-corrected chi connectivity index (χ2v) is 2.97. The molecule has 2 heteroatoms. The van der Waals surface area contributed by atoms with Crippen LogP contribution < -0.4 is 0 Å². The molecule has 0 aromatic heterocycles. The first-order chi connectivity index (χ1) is 4.74. The monoisotopic (exact) mass is 137 g/mol. The van der Waals surface area contributed by atoms with Crippen molar-refractivity contribution >= 4 is 5.78 Å². The van der Waals surface area contributed by atoms with E-state index in [0.717, 1.165) is 6.42 Å². The Bertz CT molecular complexity index is 176. The average molecular weight is 137 g/mol. The number of ketones is 1. The fourth-order valence-corrected chi connectivity index (χ4v) is 0.996. The largest absolute Gasteiger partial charge is 0.299 e. The zero-order valence-corrected chi connectivity index (χ0v) is 6.13. The highest BCUT2D eigenvalue weighted by molar-refractivity contribution is 5.80. The van der Waals surface area contributed by atoms with E-state index in [0.29, 0.717) is 5.92 Å². The van der Waals surface area contributed by atoms with Crippen molar-refractivity contribution in [2.45, 2.75) is 26.2 Å². The van der Waals surface area contributed by atoms with Crippen molar-refractivity contribution in [3.8, 4) is 6.07 Å². The first-order valence-corrected chi connectivity index (χ1v) is 3.64. The molecule has 0 N–H and O–H groups in total. The van der Waals surface area contributed by atoms with Crippen molar-refractivity contribution in [2.75, 3.05) is 0 Å². The number of nitrogens with zero attached hydrogens (tertiary/aromatic N) is 1. The molecule has 0 aromatic carbocycles. The SMILES string of the molecule is CC(=O)C(C#N)CC1CC1. The summed E-state index contributed by atoms with van der Waals surface area (Å²) < 4.78 is 0. The lowest BCUT2D eigenvalue weighted by atomic mass is 10.0. The molecule has 1 unspecified atom stereocenters. The van der Waals surface area contributed by atoms with Crippen molar-refractivity contribution < 1.29 is 4.79 Å². The third-order valence-corrected chi connectivity index (χ3v) is 1.91. The lowest BCUT2D eigenvalue weighted by molar-refractivity contribution is -0.119. The molecule has 1 atom stereocenters. The summed E-state index contributed by atoms with van der Waals surface area (Å²) in [5.74, 6) is 0.371. The molecule has 1 aliphatic carbocycles. The van der Waals surface area contributed by atoms with Crippen LogP contribution in [0.25, 0.3) is 0 Å². The minimum atomic E-state index is -0.326. The van der Waals surface area contributed by atoms with E-state index in [4.69, 9.17) is 5.26 Å². The Morgan fingerprint density at radius 2 is 2.40 bits per heavy atom. The van der Waals surface area contributed by atoms with E-state index in [1.165, 1.54) is 19.8 Å². The van der Waals surface area contributed by atoms with E-state index in [1.807, 2.05) is 6.07 Å².